The summed E-state index contributed by atoms with van der Waals surface area (Å²) in [7, 11) is 0. The predicted octanol–water partition coefficient (Wildman–Crippen LogP) is 1.91. The number of carbonyl (C=O) groups is 1. The molecule has 0 bridgehead atoms. The van der Waals surface area contributed by atoms with Crippen LogP contribution in [0.15, 0.2) is 34.8 Å². The summed E-state index contributed by atoms with van der Waals surface area (Å²) in [6.07, 6.45) is 3.38. The summed E-state index contributed by atoms with van der Waals surface area (Å²) in [5.41, 5.74) is 0.996. The highest BCUT2D eigenvalue weighted by atomic mass is 79.9. The molecule has 0 aromatic heterocycles. The molecule has 4 nitrogen and oxygen atoms in total. The van der Waals surface area contributed by atoms with Crippen molar-refractivity contribution in [1.82, 2.24) is 10.2 Å². The molecule has 1 heterocycles. The number of benzene rings is 1. The average molecular weight is 339 g/mol. The molecule has 0 atom stereocenters. The van der Waals surface area contributed by atoms with E-state index in [1.165, 1.54) is 0 Å². The Hall–Kier alpha value is -1.17. The molecule has 20 heavy (non-hydrogen) atoms. The molecule has 2 rings (SSSR count). The van der Waals surface area contributed by atoms with E-state index < -0.39 is 0 Å². The van der Waals surface area contributed by atoms with E-state index in [4.69, 9.17) is 4.74 Å². The minimum atomic E-state index is -0.0611. The third-order valence-corrected chi connectivity index (χ3v) is 3.87. The quantitative estimate of drug-likeness (QED) is 0.834. The van der Waals surface area contributed by atoms with Crippen LogP contribution in [0.5, 0.6) is 0 Å². The van der Waals surface area contributed by atoms with Crippen molar-refractivity contribution >= 4 is 27.9 Å². The molecule has 1 aromatic carbocycles. The Labute approximate surface area is 127 Å². The standard InChI is InChI=1S/C15H19BrN2O2/c16-14-4-2-1-3-13(14)5-6-15(19)17-7-8-18-9-11-20-12-10-18/h1-6H,7-12H2,(H,17,19)/b6-5+. The van der Waals surface area contributed by atoms with Crippen LogP contribution in [0.25, 0.3) is 6.08 Å². The summed E-state index contributed by atoms with van der Waals surface area (Å²) in [5, 5.41) is 2.90. The van der Waals surface area contributed by atoms with E-state index in [1.54, 1.807) is 6.08 Å². The lowest BCUT2D eigenvalue weighted by Crippen LogP contribution is -2.41. The van der Waals surface area contributed by atoms with Crippen LogP contribution in [0, 0.1) is 0 Å². The minimum Gasteiger partial charge on any atom is -0.379 e. The van der Waals surface area contributed by atoms with Gasteiger partial charge in [0.1, 0.15) is 0 Å². The summed E-state index contributed by atoms with van der Waals surface area (Å²) < 4.78 is 6.26. The maximum Gasteiger partial charge on any atom is 0.244 e. The van der Waals surface area contributed by atoms with Crippen LogP contribution in [0.4, 0.5) is 0 Å². The Morgan fingerprint density at radius 3 is 2.85 bits per heavy atom. The molecule has 0 spiro atoms. The van der Waals surface area contributed by atoms with E-state index in [0.717, 1.165) is 42.9 Å². The zero-order valence-electron chi connectivity index (χ0n) is 11.3. The largest absolute Gasteiger partial charge is 0.379 e. The first-order valence-electron chi connectivity index (χ1n) is 6.76. The SMILES string of the molecule is O=C(/C=C/c1ccccc1Br)NCCN1CCOCC1. The molecule has 1 aliphatic rings. The number of nitrogens with one attached hydrogen (secondary N) is 1. The molecule has 0 saturated carbocycles. The highest BCUT2D eigenvalue weighted by Gasteiger charge is 2.09. The number of rotatable bonds is 5. The van der Waals surface area contributed by atoms with Gasteiger partial charge in [-0.05, 0) is 17.7 Å². The van der Waals surface area contributed by atoms with Gasteiger partial charge in [0.25, 0.3) is 0 Å². The van der Waals surface area contributed by atoms with Crippen molar-refractivity contribution in [3.63, 3.8) is 0 Å². The van der Waals surface area contributed by atoms with Crippen molar-refractivity contribution in [2.75, 3.05) is 39.4 Å². The minimum absolute atomic E-state index is 0.0611. The number of morpholine rings is 1. The molecule has 0 radical (unpaired) electrons. The lowest BCUT2D eigenvalue weighted by molar-refractivity contribution is -0.116. The fourth-order valence-corrected chi connectivity index (χ4v) is 2.41. The molecule has 1 aliphatic heterocycles. The second-order valence-corrected chi connectivity index (χ2v) is 5.45. The molecule has 0 unspecified atom stereocenters. The van der Waals surface area contributed by atoms with E-state index in [-0.39, 0.29) is 5.91 Å². The van der Waals surface area contributed by atoms with Gasteiger partial charge in [0, 0.05) is 36.7 Å². The molecule has 1 fully saturated rings. The second-order valence-electron chi connectivity index (χ2n) is 4.60. The van der Waals surface area contributed by atoms with Crippen molar-refractivity contribution in [3.8, 4) is 0 Å². The monoisotopic (exact) mass is 338 g/mol. The number of amides is 1. The first-order chi connectivity index (χ1) is 9.75. The normalized spacial score (nSPS) is 16.4. The van der Waals surface area contributed by atoms with E-state index in [1.807, 2.05) is 30.3 Å². The van der Waals surface area contributed by atoms with Crippen LogP contribution in [0.3, 0.4) is 0 Å². The average Bonchev–Trinajstić information content (AvgIpc) is 2.47. The topological polar surface area (TPSA) is 41.6 Å². The van der Waals surface area contributed by atoms with Gasteiger partial charge in [-0.3, -0.25) is 9.69 Å². The van der Waals surface area contributed by atoms with Crippen molar-refractivity contribution in [2.45, 2.75) is 0 Å². The second kappa shape index (κ2) is 8.19. The molecule has 0 aliphatic carbocycles. The lowest BCUT2D eigenvalue weighted by Gasteiger charge is -2.26. The zero-order valence-corrected chi connectivity index (χ0v) is 12.9. The number of halogens is 1. The third kappa shape index (κ3) is 5.07. The van der Waals surface area contributed by atoms with E-state index in [0.29, 0.717) is 6.54 Å². The van der Waals surface area contributed by atoms with Crippen LogP contribution in [-0.2, 0) is 9.53 Å². The highest BCUT2D eigenvalue weighted by molar-refractivity contribution is 9.10. The van der Waals surface area contributed by atoms with Crippen molar-refractivity contribution in [3.05, 3.63) is 40.4 Å². The number of nitrogens with zero attached hydrogens (tertiary/aromatic N) is 1. The summed E-state index contributed by atoms with van der Waals surface area (Å²) in [5.74, 6) is -0.0611. The smallest absolute Gasteiger partial charge is 0.244 e. The van der Waals surface area contributed by atoms with Gasteiger partial charge in [-0.15, -0.1) is 0 Å². The number of ether oxygens (including phenoxy) is 1. The molecule has 1 N–H and O–H groups in total. The third-order valence-electron chi connectivity index (χ3n) is 3.15. The van der Waals surface area contributed by atoms with Gasteiger partial charge in [-0.1, -0.05) is 34.1 Å². The number of hydrogen-bond acceptors (Lipinski definition) is 3. The zero-order chi connectivity index (χ0) is 14.2. The van der Waals surface area contributed by atoms with Gasteiger partial charge in [-0.2, -0.15) is 0 Å². The first kappa shape index (κ1) is 15.2. The van der Waals surface area contributed by atoms with Gasteiger partial charge >= 0.3 is 0 Å². The summed E-state index contributed by atoms with van der Waals surface area (Å²) in [6, 6.07) is 7.81. The molecule has 108 valence electrons. The highest BCUT2D eigenvalue weighted by Crippen LogP contribution is 2.16. The van der Waals surface area contributed by atoms with Gasteiger partial charge in [-0.25, -0.2) is 0 Å². The van der Waals surface area contributed by atoms with Crippen LogP contribution < -0.4 is 5.32 Å². The van der Waals surface area contributed by atoms with Gasteiger partial charge in [0.05, 0.1) is 13.2 Å². The molecule has 1 saturated heterocycles. The Kier molecular flexibility index (Phi) is 6.24. The summed E-state index contributed by atoms with van der Waals surface area (Å²) >= 11 is 3.45. The van der Waals surface area contributed by atoms with Gasteiger partial charge in [0.2, 0.25) is 5.91 Å². The fourth-order valence-electron chi connectivity index (χ4n) is 2.00. The molecule has 1 aromatic rings. The van der Waals surface area contributed by atoms with Crippen LogP contribution in [-0.4, -0.2) is 50.2 Å². The van der Waals surface area contributed by atoms with Crippen molar-refractivity contribution in [2.24, 2.45) is 0 Å². The predicted molar refractivity (Wildman–Crippen MR) is 83.4 cm³/mol. The number of carbonyl (C=O) groups excluding carboxylic acids is 1. The Morgan fingerprint density at radius 2 is 2.10 bits per heavy atom. The Balaban J connectivity index is 1.71. The molecule has 5 heteroatoms. The lowest BCUT2D eigenvalue weighted by atomic mass is 10.2. The van der Waals surface area contributed by atoms with Crippen molar-refractivity contribution in [1.29, 1.82) is 0 Å². The van der Waals surface area contributed by atoms with Crippen LogP contribution in [0.2, 0.25) is 0 Å². The molecule has 1 amide bonds. The van der Waals surface area contributed by atoms with Crippen LogP contribution in [0.1, 0.15) is 5.56 Å². The Bertz CT molecular complexity index is 471. The maximum absolute atomic E-state index is 11.7. The summed E-state index contributed by atoms with van der Waals surface area (Å²) in [6.45, 7) is 5.01. The fraction of sp³-hybridized carbons (Fsp3) is 0.400. The Morgan fingerprint density at radius 1 is 1.35 bits per heavy atom. The molecular formula is C15H19BrN2O2. The molecular weight excluding hydrogens is 320 g/mol. The van der Waals surface area contributed by atoms with E-state index >= 15 is 0 Å². The maximum atomic E-state index is 11.7. The van der Waals surface area contributed by atoms with Gasteiger partial charge in [0.15, 0.2) is 0 Å². The first-order valence-corrected chi connectivity index (χ1v) is 7.55. The van der Waals surface area contributed by atoms with Gasteiger partial charge < -0.3 is 10.1 Å². The summed E-state index contributed by atoms with van der Waals surface area (Å²) in [4.78, 5) is 14.0. The van der Waals surface area contributed by atoms with E-state index in [2.05, 4.69) is 26.1 Å². The number of hydrogen-bond donors (Lipinski definition) is 1. The van der Waals surface area contributed by atoms with Crippen molar-refractivity contribution < 1.29 is 9.53 Å². The van der Waals surface area contributed by atoms with Crippen LogP contribution >= 0.6 is 15.9 Å². The van der Waals surface area contributed by atoms with E-state index in [9.17, 15) is 4.79 Å².